The van der Waals surface area contributed by atoms with Gasteiger partial charge in [0.15, 0.2) is 0 Å². The van der Waals surface area contributed by atoms with Crippen LogP contribution < -0.4 is 10.6 Å². The van der Waals surface area contributed by atoms with Crippen LogP contribution in [0, 0.1) is 5.41 Å². The summed E-state index contributed by atoms with van der Waals surface area (Å²) < 4.78 is 0. The van der Waals surface area contributed by atoms with Crippen molar-refractivity contribution in [3.63, 3.8) is 0 Å². The van der Waals surface area contributed by atoms with E-state index < -0.39 is 5.41 Å². The van der Waals surface area contributed by atoms with Gasteiger partial charge >= 0.3 is 0 Å². The van der Waals surface area contributed by atoms with Gasteiger partial charge in [-0.1, -0.05) is 39.0 Å². The van der Waals surface area contributed by atoms with Crippen molar-refractivity contribution in [1.82, 2.24) is 10.2 Å². The third-order valence-corrected chi connectivity index (χ3v) is 4.67. The van der Waals surface area contributed by atoms with Crippen LogP contribution in [0.25, 0.3) is 0 Å². The fourth-order valence-electron chi connectivity index (χ4n) is 2.94. The quantitative estimate of drug-likeness (QED) is 0.590. The van der Waals surface area contributed by atoms with E-state index >= 15 is 0 Å². The molecule has 0 atom stereocenters. The molecule has 1 aliphatic carbocycles. The molecule has 5 nitrogen and oxygen atoms in total. The first-order valence-corrected chi connectivity index (χ1v) is 9.01. The molecule has 0 aromatic heterocycles. The normalized spacial score (nSPS) is 15.8. The summed E-state index contributed by atoms with van der Waals surface area (Å²) in [5, 5.41) is 5.93. The van der Waals surface area contributed by atoms with Crippen molar-refractivity contribution in [2.45, 2.75) is 45.4 Å². The molecule has 0 heterocycles. The lowest BCUT2D eigenvalue weighted by Crippen LogP contribution is -2.41. The van der Waals surface area contributed by atoms with Gasteiger partial charge in [-0.05, 0) is 56.9 Å². The highest BCUT2D eigenvalue weighted by Gasteiger charge is 2.56. The second-order valence-corrected chi connectivity index (χ2v) is 8.24. The Morgan fingerprint density at radius 1 is 1.12 bits per heavy atom. The van der Waals surface area contributed by atoms with Crippen LogP contribution in [0.3, 0.4) is 0 Å². The van der Waals surface area contributed by atoms with E-state index in [0.29, 0.717) is 19.4 Å². The van der Waals surface area contributed by atoms with Gasteiger partial charge in [0, 0.05) is 12.2 Å². The average molecular weight is 345 g/mol. The molecule has 5 heteroatoms. The second kappa shape index (κ2) is 7.56. The van der Waals surface area contributed by atoms with Gasteiger partial charge < -0.3 is 15.5 Å². The van der Waals surface area contributed by atoms with Gasteiger partial charge in [0.1, 0.15) is 5.41 Å². The summed E-state index contributed by atoms with van der Waals surface area (Å²) >= 11 is 0. The average Bonchev–Trinajstić information content (AvgIpc) is 3.32. The van der Waals surface area contributed by atoms with E-state index in [-0.39, 0.29) is 17.2 Å². The summed E-state index contributed by atoms with van der Waals surface area (Å²) in [4.78, 5) is 27.4. The zero-order chi connectivity index (χ0) is 18.7. The fraction of sp³-hybridized carbons (Fsp3) is 0.600. The van der Waals surface area contributed by atoms with Crippen molar-refractivity contribution < 1.29 is 9.59 Å². The summed E-state index contributed by atoms with van der Waals surface area (Å²) in [5.41, 5.74) is 0.912. The third kappa shape index (κ3) is 4.82. The maximum atomic E-state index is 12.8. The van der Waals surface area contributed by atoms with Crippen molar-refractivity contribution in [1.29, 1.82) is 0 Å². The molecule has 2 rings (SSSR count). The first kappa shape index (κ1) is 19.4. The SMILES string of the molecule is CN(C)CCCNC(=O)C1(C(=O)Nc2ccccc2C(C)(C)C)CC1. The van der Waals surface area contributed by atoms with Crippen molar-refractivity contribution in [2.24, 2.45) is 5.41 Å². The zero-order valence-electron chi connectivity index (χ0n) is 16.1. The number of nitrogens with one attached hydrogen (secondary N) is 2. The van der Waals surface area contributed by atoms with Crippen LogP contribution in [0.1, 0.15) is 45.6 Å². The minimum atomic E-state index is -0.886. The van der Waals surface area contributed by atoms with E-state index in [2.05, 4.69) is 36.3 Å². The van der Waals surface area contributed by atoms with E-state index in [0.717, 1.165) is 24.2 Å². The van der Waals surface area contributed by atoms with Gasteiger partial charge in [-0.25, -0.2) is 0 Å². The van der Waals surface area contributed by atoms with Crippen LogP contribution in [0.15, 0.2) is 24.3 Å². The molecule has 2 amide bonds. The van der Waals surface area contributed by atoms with E-state index in [4.69, 9.17) is 0 Å². The number of benzene rings is 1. The smallest absolute Gasteiger partial charge is 0.240 e. The Kier molecular flexibility index (Phi) is 5.88. The highest BCUT2D eigenvalue weighted by Crippen LogP contribution is 2.47. The van der Waals surface area contributed by atoms with Crippen LogP contribution >= 0.6 is 0 Å². The molecule has 1 fully saturated rings. The zero-order valence-corrected chi connectivity index (χ0v) is 16.1. The lowest BCUT2D eigenvalue weighted by molar-refractivity contribution is -0.134. The molecule has 0 unspecified atom stereocenters. The maximum Gasteiger partial charge on any atom is 0.240 e. The first-order valence-electron chi connectivity index (χ1n) is 9.01. The van der Waals surface area contributed by atoms with Crippen LogP contribution in [-0.4, -0.2) is 43.9 Å². The first-order chi connectivity index (χ1) is 11.7. The van der Waals surface area contributed by atoms with Gasteiger partial charge in [-0.2, -0.15) is 0 Å². The fourth-order valence-corrected chi connectivity index (χ4v) is 2.94. The molecular weight excluding hydrogens is 314 g/mol. The van der Waals surface area contributed by atoms with Gasteiger partial charge in [0.05, 0.1) is 0 Å². The molecule has 0 aliphatic heterocycles. The van der Waals surface area contributed by atoms with E-state index in [1.54, 1.807) is 0 Å². The number of amides is 2. The van der Waals surface area contributed by atoms with Crippen LogP contribution in [0.5, 0.6) is 0 Å². The van der Waals surface area contributed by atoms with Gasteiger partial charge in [0.25, 0.3) is 0 Å². The summed E-state index contributed by atoms with van der Waals surface area (Å²) in [6.07, 6.45) is 2.12. The van der Waals surface area contributed by atoms with E-state index in [1.807, 2.05) is 38.4 Å². The molecule has 2 N–H and O–H groups in total. The summed E-state index contributed by atoms with van der Waals surface area (Å²) in [6, 6.07) is 7.81. The number of nitrogens with zero attached hydrogens (tertiary/aromatic N) is 1. The highest BCUT2D eigenvalue weighted by atomic mass is 16.2. The Morgan fingerprint density at radius 3 is 2.32 bits per heavy atom. The predicted octanol–water partition coefficient (Wildman–Crippen LogP) is 2.77. The van der Waals surface area contributed by atoms with Crippen molar-refractivity contribution in [3.8, 4) is 0 Å². The van der Waals surface area contributed by atoms with E-state index in [9.17, 15) is 9.59 Å². The van der Waals surface area contributed by atoms with Crippen LogP contribution in [0.2, 0.25) is 0 Å². The minimum Gasteiger partial charge on any atom is -0.355 e. The molecular formula is C20H31N3O2. The topological polar surface area (TPSA) is 61.4 Å². The Balaban J connectivity index is 2.00. The molecule has 1 saturated carbocycles. The monoisotopic (exact) mass is 345 g/mol. The van der Waals surface area contributed by atoms with Crippen LogP contribution in [-0.2, 0) is 15.0 Å². The third-order valence-electron chi connectivity index (χ3n) is 4.67. The number of anilines is 1. The standard InChI is InChI=1S/C20H31N3O2/c1-19(2,3)15-9-6-7-10-16(15)22-18(25)20(11-12-20)17(24)21-13-8-14-23(4)5/h6-7,9-10H,8,11-14H2,1-5H3,(H,21,24)(H,22,25). The Hall–Kier alpha value is -1.88. The molecule has 0 radical (unpaired) electrons. The van der Waals surface area contributed by atoms with Gasteiger partial charge in [0.2, 0.25) is 11.8 Å². The lowest BCUT2D eigenvalue weighted by atomic mass is 9.85. The summed E-state index contributed by atoms with van der Waals surface area (Å²) in [5.74, 6) is -0.327. The molecule has 1 aromatic carbocycles. The number of rotatable bonds is 7. The second-order valence-electron chi connectivity index (χ2n) is 8.24. The molecule has 25 heavy (non-hydrogen) atoms. The highest BCUT2D eigenvalue weighted by molar-refractivity contribution is 6.13. The van der Waals surface area contributed by atoms with Crippen LogP contribution in [0.4, 0.5) is 5.69 Å². The molecule has 0 spiro atoms. The number of hydrogen-bond acceptors (Lipinski definition) is 3. The van der Waals surface area contributed by atoms with Crippen molar-refractivity contribution in [2.75, 3.05) is 32.5 Å². The molecule has 1 aliphatic rings. The predicted molar refractivity (Wildman–Crippen MR) is 102 cm³/mol. The summed E-state index contributed by atoms with van der Waals surface area (Å²) in [6.45, 7) is 7.86. The maximum absolute atomic E-state index is 12.8. The number of hydrogen-bond donors (Lipinski definition) is 2. The Bertz CT molecular complexity index is 628. The van der Waals surface area contributed by atoms with Gasteiger partial charge in [-0.15, -0.1) is 0 Å². The molecule has 0 bridgehead atoms. The van der Waals surface area contributed by atoms with Crippen molar-refractivity contribution in [3.05, 3.63) is 29.8 Å². The number of carbonyl (C=O) groups is 2. The number of carbonyl (C=O) groups excluding carboxylic acids is 2. The lowest BCUT2D eigenvalue weighted by Gasteiger charge is -2.24. The summed E-state index contributed by atoms with van der Waals surface area (Å²) in [7, 11) is 4.01. The largest absolute Gasteiger partial charge is 0.355 e. The molecule has 1 aromatic rings. The Labute approximate surface area is 151 Å². The minimum absolute atomic E-state index is 0.0744. The molecule has 0 saturated heterocycles. The number of para-hydroxylation sites is 1. The van der Waals surface area contributed by atoms with Crippen molar-refractivity contribution >= 4 is 17.5 Å². The molecule has 138 valence electrons. The Morgan fingerprint density at radius 2 is 1.76 bits per heavy atom. The van der Waals surface area contributed by atoms with E-state index in [1.165, 1.54) is 0 Å². The van der Waals surface area contributed by atoms with Gasteiger partial charge in [-0.3, -0.25) is 9.59 Å².